The lowest BCUT2D eigenvalue weighted by Gasteiger charge is -1.99. The Morgan fingerprint density at radius 1 is 1.58 bits per heavy atom. The van der Waals surface area contributed by atoms with Crippen LogP contribution in [0.15, 0.2) is 4.52 Å². The summed E-state index contributed by atoms with van der Waals surface area (Å²) >= 11 is 0. The van der Waals surface area contributed by atoms with Gasteiger partial charge in [-0.1, -0.05) is 19.0 Å². The van der Waals surface area contributed by atoms with Crippen molar-refractivity contribution in [3.63, 3.8) is 0 Å². The Balaban J connectivity index is 3.21. The summed E-state index contributed by atoms with van der Waals surface area (Å²) in [5.41, 5.74) is 11.1. The fourth-order valence-corrected chi connectivity index (χ4v) is 0.958. The first-order valence-electron chi connectivity index (χ1n) is 3.59. The minimum absolute atomic E-state index is 0.00815. The summed E-state index contributed by atoms with van der Waals surface area (Å²) in [7, 11) is 0. The third kappa shape index (κ3) is 1.25. The maximum atomic E-state index is 10.9. The molecule has 1 heterocycles. The van der Waals surface area contributed by atoms with Crippen LogP contribution in [0.4, 0.5) is 5.88 Å². The van der Waals surface area contributed by atoms with Gasteiger partial charge in [-0.15, -0.1) is 0 Å². The van der Waals surface area contributed by atoms with Gasteiger partial charge in [0.1, 0.15) is 11.3 Å². The molecule has 5 nitrogen and oxygen atoms in total. The molecule has 1 aromatic rings. The molecule has 12 heavy (non-hydrogen) atoms. The molecule has 0 aromatic carbocycles. The number of nitrogens with zero attached hydrogens (tertiary/aromatic N) is 1. The van der Waals surface area contributed by atoms with Crippen molar-refractivity contribution in [2.45, 2.75) is 19.8 Å². The maximum absolute atomic E-state index is 10.9. The van der Waals surface area contributed by atoms with Crippen molar-refractivity contribution >= 4 is 11.8 Å². The SMILES string of the molecule is CC(C)c1noc(N)c1C(N)=O. The predicted octanol–water partition coefficient (Wildman–Crippen LogP) is 0.479. The predicted molar refractivity (Wildman–Crippen MR) is 43.5 cm³/mol. The zero-order valence-electron chi connectivity index (χ0n) is 7.00. The van der Waals surface area contributed by atoms with Crippen LogP contribution in [-0.2, 0) is 0 Å². The Labute approximate surface area is 69.7 Å². The van der Waals surface area contributed by atoms with E-state index in [1.807, 2.05) is 13.8 Å². The number of rotatable bonds is 2. The minimum Gasteiger partial charge on any atom is -0.367 e. The molecule has 4 N–H and O–H groups in total. The Bertz CT molecular complexity index is 304. The number of anilines is 1. The first kappa shape index (κ1) is 8.58. The highest BCUT2D eigenvalue weighted by atomic mass is 16.5. The normalized spacial score (nSPS) is 10.6. The fraction of sp³-hybridized carbons (Fsp3) is 0.429. The second-order valence-corrected chi connectivity index (χ2v) is 2.83. The fourth-order valence-electron chi connectivity index (χ4n) is 0.958. The first-order chi connectivity index (χ1) is 5.54. The van der Waals surface area contributed by atoms with E-state index >= 15 is 0 Å². The number of carbonyl (C=O) groups is 1. The van der Waals surface area contributed by atoms with E-state index in [4.69, 9.17) is 11.5 Å². The molecule has 1 rings (SSSR count). The van der Waals surface area contributed by atoms with Crippen molar-refractivity contribution in [3.8, 4) is 0 Å². The molecule has 0 unspecified atom stereocenters. The van der Waals surface area contributed by atoms with Gasteiger partial charge in [0.15, 0.2) is 0 Å². The van der Waals surface area contributed by atoms with E-state index in [2.05, 4.69) is 9.68 Å². The van der Waals surface area contributed by atoms with Gasteiger partial charge in [0.05, 0.1) is 0 Å². The van der Waals surface area contributed by atoms with Crippen molar-refractivity contribution in [2.24, 2.45) is 5.73 Å². The van der Waals surface area contributed by atoms with Crippen LogP contribution in [0.3, 0.4) is 0 Å². The molecule has 5 heteroatoms. The highest BCUT2D eigenvalue weighted by Crippen LogP contribution is 2.22. The van der Waals surface area contributed by atoms with Crippen LogP contribution in [0, 0.1) is 0 Å². The molecule has 0 aliphatic heterocycles. The van der Waals surface area contributed by atoms with Gasteiger partial charge in [-0.2, -0.15) is 0 Å². The number of hydrogen-bond donors (Lipinski definition) is 2. The smallest absolute Gasteiger partial charge is 0.256 e. The average molecular weight is 169 g/mol. The second kappa shape index (κ2) is 2.84. The van der Waals surface area contributed by atoms with Crippen LogP contribution < -0.4 is 11.5 Å². The van der Waals surface area contributed by atoms with Crippen molar-refractivity contribution in [1.29, 1.82) is 0 Å². The van der Waals surface area contributed by atoms with Gasteiger partial charge in [0.2, 0.25) is 5.88 Å². The highest BCUT2D eigenvalue weighted by molar-refractivity contribution is 5.98. The number of nitrogen functional groups attached to an aromatic ring is 1. The number of hydrogen-bond acceptors (Lipinski definition) is 4. The summed E-state index contributed by atoms with van der Waals surface area (Å²) in [5.74, 6) is -0.530. The topological polar surface area (TPSA) is 95.1 Å². The minimum atomic E-state index is -0.600. The van der Waals surface area contributed by atoms with Crippen LogP contribution in [0.1, 0.15) is 35.8 Å². The maximum Gasteiger partial charge on any atom is 0.256 e. The lowest BCUT2D eigenvalue weighted by atomic mass is 10.1. The summed E-state index contributed by atoms with van der Waals surface area (Å²) in [4.78, 5) is 10.9. The summed E-state index contributed by atoms with van der Waals surface area (Å²) in [6.07, 6.45) is 0. The summed E-state index contributed by atoms with van der Waals surface area (Å²) in [5, 5.41) is 3.64. The quantitative estimate of drug-likeness (QED) is 0.673. The molecular weight excluding hydrogens is 158 g/mol. The largest absolute Gasteiger partial charge is 0.367 e. The van der Waals surface area contributed by atoms with Gasteiger partial charge >= 0.3 is 0 Å². The molecule has 1 aromatic heterocycles. The molecule has 0 bridgehead atoms. The van der Waals surface area contributed by atoms with Crippen molar-refractivity contribution < 1.29 is 9.32 Å². The molecule has 0 aliphatic rings. The Morgan fingerprint density at radius 2 is 2.17 bits per heavy atom. The lowest BCUT2D eigenvalue weighted by Crippen LogP contribution is -2.14. The molecule has 66 valence electrons. The number of aromatic nitrogens is 1. The number of carbonyl (C=O) groups excluding carboxylic acids is 1. The van der Waals surface area contributed by atoms with Crippen LogP contribution in [0.25, 0.3) is 0 Å². The molecule has 0 atom stereocenters. The van der Waals surface area contributed by atoms with Gasteiger partial charge in [-0.25, -0.2) is 0 Å². The Kier molecular flexibility index (Phi) is 2.03. The summed E-state index contributed by atoms with van der Waals surface area (Å²) < 4.78 is 4.65. The van der Waals surface area contributed by atoms with E-state index in [1.54, 1.807) is 0 Å². The molecule has 0 aliphatic carbocycles. The van der Waals surface area contributed by atoms with E-state index < -0.39 is 5.91 Å². The van der Waals surface area contributed by atoms with Gasteiger partial charge in [-0.3, -0.25) is 4.79 Å². The zero-order valence-corrected chi connectivity index (χ0v) is 7.00. The number of amides is 1. The molecule has 0 spiro atoms. The van der Waals surface area contributed by atoms with E-state index in [-0.39, 0.29) is 17.4 Å². The zero-order chi connectivity index (χ0) is 9.30. The Hall–Kier alpha value is -1.52. The van der Waals surface area contributed by atoms with Gasteiger partial charge in [0, 0.05) is 0 Å². The van der Waals surface area contributed by atoms with Gasteiger partial charge < -0.3 is 16.0 Å². The van der Waals surface area contributed by atoms with Gasteiger partial charge in [-0.05, 0) is 5.92 Å². The average Bonchev–Trinajstić information content (AvgIpc) is 2.30. The standard InChI is InChI=1S/C7H11N3O2/c1-3(2)5-4(6(8)11)7(9)12-10-5/h3H,9H2,1-2H3,(H2,8,11). The van der Waals surface area contributed by atoms with E-state index in [0.717, 1.165) is 0 Å². The van der Waals surface area contributed by atoms with Crippen LogP contribution in [0.2, 0.25) is 0 Å². The second-order valence-electron chi connectivity index (χ2n) is 2.83. The molecule has 0 radical (unpaired) electrons. The van der Waals surface area contributed by atoms with E-state index in [0.29, 0.717) is 5.69 Å². The monoisotopic (exact) mass is 169 g/mol. The van der Waals surface area contributed by atoms with E-state index in [9.17, 15) is 4.79 Å². The molecule has 0 saturated carbocycles. The summed E-state index contributed by atoms with van der Waals surface area (Å²) in [6, 6.07) is 0. The van der Waals surface area contributed by atoms with Crippen LogP contribution in [-0.4, -0.2) is 11.1 Å². The first-order valence-corrected chi connectivity index (χ1v) is 3.59. The number of nitrogens with two attached hydrogens (primary N) is 2. The van der Waals surface area contributed by atoms with Crippen molar-refractivity contribution in [1.82, 2.24) is 5.16 Å². The van der Waals surface area contributed by atoms with Crippen LogP contribution in [0.5, 0.6) is 0 Å². The van der Waals surface area contributed by atoms with Crippen molar-refractivity contribution in [2.75, 3.05) is 5.73 Å². The molecule has 0 saturated heterocycles. The Morgan fingerprint density at radius 3 is 2.50 bits per heavy atom. The van der Waals surface area contributed by atoms with E-state index in [1.165, 1.54) is 0 Å². The molecule has 0 fully saturated rings. The third-order valence-electron chi connectivity index (χ3n) is 1.54. The third-order valence-corrected chi connectivity index (χ3v) is 1.54. The highest BCUT2D eigenvalue weighted by Gasteiger charge is 2.20. The van der Waals surface area contributed by atoms with Gasteiger partial charge in [0.25, 0.3) is 5.91 Å². The molecule has 1 amide bonds. The number of primary amides is 1. The lowest BCUT2D eigenvalue weighted by molar-refractivity contribution is 0.0999. The molecular formula is C7H11N3O2. The summed E-state index contributed by atoms with van der Waals surface area (Å²) in [6.45, 7) is 3.76. The van der Waals surface area contributed by atoms with Crippen LogP contribution >= 0.6 is 0 Å². The van der Waals surface area contributed by atoms with Crippen molar-refractivity contribution in [3.05, 3.63) is 11.3 Å².